The lowest BCUT2D eigenvalue weighted by Crippen LogP contribution is -2.07. The van der Waals surface area contributed by atoms with Gasteiger partial charge in [-0.15, -0.1) is 5.10 Å². The molecule has 0 amide bonds. The third-order valence-electron chi connectivity index (χ3n) is 1.39. The molecule has 10 N–H and O–H groups in total. The Kier molecular flexibility index (Phi) is 3.27. The maximum atomic E-state index is 5.28. The van der Waals surface area contributed by atoms with Crippen LogP contribution in [-0.2, 0) is 0 Å². The maximum absolute atomic E-state index is 5.28. The number of nitrogens with two attached hydrogens (primary N) is 5. The average Bonchev–Trinajstić information content (AvgIpc) is 2.58. The standard InChI is InChI=1S/C4H7N5.C2H5N5/c5-2-1-8-4(7)9-3(2)6;3-2-1-7(4)6-5-2/h1H,5H2,(H4,6,7,8,9);1H,3-4H2. The van der Waals surface area contributed by atoms with Crippen molar-refractivity contribution >= 4 is 23.3 Å². The van der Waals surface area contributed by atoms with Crippen molar-refractivity contribution in [3.63, 3.8) is 0 Å². The van der Waals surface area contributed by atoms with Crippen molar-refractivity contribution in [3.05, 3.63) is 12.4 Å². The van der Waals surface area contributed by atoms with Gasteiger partial charge < -0.3 is 28.8 Å². The minimum absolute atomic E-state index is 0.140. The average molecular weight is 224 g/mol. The van der Waals surface area contributed by atoms with Crippen LogP contribution >= 0.6 is 0 Å². The van der Waals surface area contributed by atoms with E-state index < -0.39 is 0 Å². The number of nitrogen functional groups attached to an aromatic ring is 5. The molecule has 16 heavy (non-hydrogen) atoms. The Morgan fingerprint density at radius 2 is 1.81 bits per heavy atom. The fourth-order valence-electron chi connectivity index (χ4n) is 0.709. The van der Waals surface area contributed by atoms with Crippen LogP contribution in [0.3, 0.4) is 0 Å². The molecular formula is C6H12N10. The molecular weight excluding hydrogens is 212 g/mol. The van der Waals surface area contributed by atoms with Crippen LogP contribution in [0, 0.1) is 0 Å². The van der Waals surface area contributed by atoms with Gasteiger partial charge >= 0.3 is 0 Å². The Balaban J connectivity index is 0.000000165. The van der Waals surface area contributed by atoms with Gasteiger partial charge in [-0.2, -0.15) is 9.77 Å². The van der Waals surface area contributed by atoms with Gasteiger partial charge in [-0.1, -0.05) is 0 Å². The maximum Gasteiger partial charge on any atom is 0.222 e. The number of hydrogen-bond donors (Lipinski definition) is 5. The lowest BCUT2D eigenvalue weighted by molar-refractivity contribution is 0.766. The van der Waals surface area contributed by atoms with Crippen molar-refractivity contribution < 1.29 is 0 Å². The Morgan fingerprint density at radius 1 is 1.12 bits per heavy atom. The highest BCUT2D eigenvalue weighted by atomic mass is 15.6. The Bertz CT molecular complexity index is 446. The Hall–Kier alpha value is -2.78. The van der Waals surface area contributed by atoms with Gasteiger partial charge in [0.15, 0.2) is 11.6 Å². The molecule has 10 heteroatoms. The molecule has 0 aliphatic heterocycles. The number of nitrogens with zero attached hydrogens (tertiary/aromatic N) is 5. The normalized spacial score (nSPS) is 9.25. The molecule has 2 heterocycles. The summed E-state index contributed by atoms with van der Waals surface area (Å²) in [4.78, 5) is 8.24. The van der Waals surface area contributed by atoms with E-state index in [0.717, 1.165) is 4.79 Å². The Morgan fingerprint density at radius 3 is 2.12 bits per heavy atom. The third-order valence-corrected chi connectivity index (χ3v) is 1.39. The van der Waals surface area contributed by atoms with E-state index in [2.05, 4.69) is 20.3 Å². The van der Waals surface area contributed by atoms with Crippen LogP contribution in [-0.4, -0.2) is 25.1 Å². The Labute approximate surface area is 90.4 Å². The van der Waals surface area contributed by atoms with E-state index >= 15 is 0 Å². The van der Waals surface area contributed by atoms with Crippen LogP contribution in [0.5, 0.6) is 0 Å². The van der Waals surface area contributed by atoms with E-state index in [1.54, 1.807) is 0 Å². The van der Waals surface area contributed by atoms with E-state index in [1.165, 1.54) is 12.4 Å². The van der Waals surface area contributed by atoms with Gasteiger partial charge in [0, 0.05) is 0 Å². The first kappa shape index (κ1) is 11.3. The van der Waals surface area contributed by atoms with Crippen LogP contribution < -0.4 is 28.8 Å². The number of anilines is 4. The predicted octanol–water partition coefficient (Wildman–Crippen LogP) is -2.20. The summed E-state index contributed by atoms with van der Waals surface area (Å²) in [5, 5.41) is 6.72. The highest BCUT2D eigenvalue weighted by Gasteiger charge is 1.94. The second-order valence-corrected chi connectivity index (χ2v) is 2.69. The van der Waals surface area contributed by atoms with Crippen LogP contribution in [0.2, 0.25) is 0 Å². The number of aromatic nitrogens is 5. The van der Waals surface area contributed by atoms with Crippen molar-refractivity contribution in [2.45, 2.75) is 0 Å². The van der Waals surface area contributed by atoms with Gasteiger partial charge in [-0.25, -0.2) is 4.98 Å². The van der Waals surface area contributed by atoms with Gasteiger partial charge in [-0.3, -0.25) is 0 Å². The molecule has 0 unspecified atom stereocenters. The monoisotopic (exact) mass is 224 g/mol. The van der Waals surface area contributed by atoms with Crippen molar-refractivity contribution in [2.75, 3.05) is 28.8 Å². The first-order valence-corrected chi connectivity index (χ1v) is 4.05. The third kappa shape index (κ3) is 3.17. The first-order valence-electron chi connectivity index (χ1n) is 4.05. The fraction of sp³-hybridized carbons (Fsp3) is 0. The zero-order valence-electron chi connectivity index (χ0n) is 8.28. The highest BCUT2D eigenvalue weighted by molar-refractivity contribution is 5.57. The number of hydrogen-bond acceptors (Lipinski definition) is 9. The molecule has 0 saturated heterocycles. The van der Waals surface area contributed by atoms with Gasteiger partial charge in [0.1, 0.15) is 0 Å². The van der Waals surface area contributed by atoms with Crippen LogP contribution in [0.1, 0.15) is 0 Å². The molecule has 0 saturated carbocycles. The van der Waals surface area contributed by atoms with Crippen molar-refractivity contribution in [1.82, 2.24) is 25.1 Å². The minimum atomic E-state index is 0.140. The molecule has 0 aromatic carbocycles. The molecule has 0 radical (unpaired) electrons. The lowest BCUT2D eigenvalue weighted by Gasteiger charge is -1.96. The molecule has 0 atom stereocenters. The van der Waals surface area contributed by atoms with E-state index in [4.69, 9.17) is 28.8 Å². The highest BCUT2D eigenvalue weighted by Crippen LogP contribution is 2.08. The van der Waals surface area contributed by atoms with E-state index in [9.17, 15) is 0 Å². The van der Waals surface area contributed by atoms with E-state index in [1.807, 2.05) is 0 Å². The largest absolute Gasteiger partial charge is 0.394 e. The van der Waals surface area contributed by atoms with Gasteiger partial charge in [0.05, 0.1) is 18.1 Å². The minimum Gasteiger partial charge on any atom is -0.394 e. The van der Waals surface area contributed by atoms with Gasteiger partial charge in [0.25, 0.3) is 0 Å². The van der Waals surface area contributed by atoms with E-state index in [-0.39, 0.29) is 11.8 Å². The molecule has 0 fully saturated rings. The van der Waals surface area contributed by atoms with Crippen molar-refractivity contribution in [1.29, 1.82) is 0 Å². The van der Waals surface area contributed by atoms with Crippen LogP contribution in [0.4, 0.5) is 23.3 Å². The zero-order valence-corrected chi connectivity index (χ0v) is 8.28. The number of rotatable bonds is 0. The molecule has 0 spiro atoms. The smallest absolute Gasteiger partial charge is 0.222 e. The molecule has 0 bridgehead atoms. The second-order valence-electron chi connectivity index (χ2n) is 2.69. The quantitative estimate of drug-likeness (QED) is 0.309. The second kappa shape index (κ2) is 4.63. The zero-order chi connectivity index (χ0) is 12.1. The summed E-state index contributed by atoms with van der Waals surface area (Å²) < 4.78 is 0. The molecule has 10 nitrogen and oxygen atoms in total. The molecule has 86 valence electrons. The lowest BCUT2D eigenvalue weighted by atomic mass is 10.5. The summed E-state index contributed by atoms with van der Waals surface area (Å²) in [6.45, 7) is 0. The van der Waals surface area contributed by atoms with Crippen LogP contribution in [0.15, 0.2) is 12.4 Å². The molecule has 0 aliphatic carbocycles. The predicted molar refractivity (Wildman–Crippen MR) is 59.9 cm³/mol. The summed E-state index contributed by atoms with van der Waals surface area (Å²) in [5.74, 6) is 5.74. The van der Waals surface area contributed by atoms with Crippen molar-refractivity contribution in [3.8, 4) is 0 Å². The summed E-state index contributed by atoms with van der Waals surface area (Å²) >= 11 is 0. The summed E-state index contributed by atoms with van der Waals surface area (Å²) in [6.07, 6.45) is 2.79. The first-order chi connectivity index (χ1) is 7.49. The molecule has 2 aromatic rings. The topological polar surface area (TPSA) is 187 Å². The van der Waals surface area contributed by atoms with Crippen molar-refractivity contribution in [2.24, 2.45) is 0 Å². The molecule has 0 aliphatic rings. The van der Waals surface area contributed by atoms with E-state index in [0.29, 0.717) is 11.5 Å². The molecule has 2 aromatic heterocycles. The summed E-state index contributed by atoms with van der Waals surface area (Å²) in [6, 6.07) is 0. The molecule has 2 rings (SSSR count). The van der Waals surface area contributed by atoms with Crippen LogP contribution in [0.25, 0.3) is 0 Å². The fourth-order valence-corrected chi connectivity index (χ4v) is 0.709. The van der Waals surface area contributed by atoms with Gasteiger partial charge in [-0.05, 0) is 5.21 Å². The summed E-state index contributed by atoms with van der Waals surface area (Å²) in [7, 11) is 0. The SMILES string of the molecule is Nc1cn(N)nn1.Nc1ncc(N)c(N)n1. The summed E-state index contributed by atoms with van der Waals surface area (Å²) in [5.41, 5.74) is 21.2. The van der Waals surface area contributed by atoms with Gasteiger partial charge in [0.2, 0.25) is 5.95 Å².